The van der Waals surface area contributed by atoms with E-state index in [1.165, 1.54) is 6.07 Å². The zero-order chi connectivity index (χ0) is 16.3. The molecule has 22 heavy (non-hydrogen) atoms. The molecular formula is C15H14ClN3O3. The summed E-state index contributed by atoms with van der Waals surface area (Å²) in [5, 5.41) is 16.8. The minimum absolute atomic E-state index is 0.144. The van der Waals surface area contributed by atoms with Crippen molar-refractivity contribution in [1.82, 2.24) is 0 Å². The Labute approximate surface area is 132 Å². The number of amides is 2. The Morgan fingerprint density at radius 2 is 1.73 bits per heavy atom. The lowest BCUT2D eigenvalue weighted by molar-refractivity contribution is -0.384. The van der Waals surface area contributed by atoms with Crippen LogP contribution in [0.3, 0.4) is 0 Å². The Kier molecular flexibility index (Phi) is 4.62. The molecule has 7 heteroatoms. The zero-order valence-electron chi connectivity index (χ0n) is 12.0. The standard InChI is InChI=1S/C15H14ClN3O3/c1-9-3-8-13(19(21)22)14(10(9)2)18-15(20)17-12-6-4-11(16)5-7-12/h3-8H,1-2H3,(H2,17,18,20). The second-order valence-corrected chi connectivity index (χ2v) is 5.18. The van der Waals surface area contributed by atoms with E-state index in [2.05, 4.69) is 10.6 Å². The molecule has 0 unspecified atom stereocenters. The SMILES string of the molecule is Cc1ccc([N+](=O)[O-])c(NC(=O)Nc2ccc(Cl)cc2)c1C. The first-order valence-corrected chi connectivity index (χ1v) is 6.84. The number of hydrogen-bond donors (Lipinski definition) is 2. The van der Waals surface area contributed by atoms with Gasteiger partial charge in [-0.1, -0.05) is 17.7 Å². The molecule has 0 spiro atoms. The largest absolute Gasteiger partial charge is 0.323 e. The van der Waals surface area contributed by atoms with E-state index in [1.807, 2.05) is 6.92 Å². The van der Waals surface area contributed by atoms with Crippen LogP contribution in [0.2, 0.25) is 5.02 Å². The van der Waals surface area contributed by atoms with Crippen molar-refractivity contribution in [3.8, 4) is 0 Å². The van der Waals surface area contributed by atoms with Crippen LogP contribution in [0.4, 0.5) is 21.9 Å². The van der Waals surface area contributed by atoms with Crippen molar-refractivity contribution in [1.29, 1.82) is 0 Å². The number of nitro groups is 1. The Morgan fingerprint density at radius 1 is 1.09 bits per heavy atom. The second kappa shape index (κ2) is 6.44. The van der Waals surface area contributed by atoms with Crippen LogP contribution in [-0.4, -0.2) is 11.0 Å². The molecule has 2 rings (SSSR count). The van der Waals surface area contributed by atoms with Crippen LogP contribution in [0.5, 0.6) is 0 Å². The first-order valence-electron chi connectivity index (χ1n) is 6.46. The van der Waals surface area contributed by atoms with E-state index in [9.17, 15) is 14.9 Å². The Hall–Kier alpha value is -2.60. The maximum atomic E-state index is 12.0. The summed E-state index contributed by atoms with van der Waals surface area (Å²) in [7, 11) is 0. The molecule has 0 atom stereocenters. The zero-order valence-corrected chi connectivity index (χ0v) is 12.8. The van der Waals surface area contributed by atoms with Gasteiger partial charge in [0.15, 0.2) is 0 Å². The number of carbonyl (C=O) groups excluding carboxylic acids is 1. The van der Waals surface area contributed by atoms with Gasteiger partial charge in [0, 0.05) is 16.8 Å². The molecule has 0 aromatic heterocycles. The summed E-state index contributed by atoms with van der Waals surface area (Å²) in [5.41, 5.74) is 2.09. The van der Waals surface area contributed by atoms with Crippen LogP contribution in [0.1, 0.15) is 11.1 Å². The van der Waals surface area contributed by atoms with E-state index in [1.54, 1.807) is 37.3 Å². The van der Waals surface area contributed by atoms with E-state index in [0.717, 1.165) is 5.56 Å². The van der Waals surface area contributed by atoms with Crippen LogP contribution in [0, 0.1) is 24.0 Å². The summed E-state index contributed by atoms with van der Waals surface area (Å²) in [4.78, 5) is 22.6. The van der Waals surface area contributed by atoms with Crippen molar-refractivity contribution in [2.24, 2.45) is 0 Å². The molecule has 0 aliphatic carbocycles. The van der Waals surface area contributed by atoms with Gasteiger partial charge in [0.2, 0.25) is 0 Å². The van der Waals surface area contributed by atoms with E-state index in [0.29, 0.717) is 16.3 Å². The molecular weight excluding hydrogens is 306 g/mol. The number of nitrogens with one attached hydrogen (secondary N) is 2. The first kappa shape index (κ1) is 15.8. The average molecular weight is 320 g/mol. The van der Waals surface area contributed by atoms with Crippen molar-refractivity contribution in [3.05, 3.63) is 62.7 Å². The number of hydrogen-bond acceptors (Lipinski definition) is 3. The highest BCUT2D eigenvalue weighted by molar-refractivity contribution is 6.30. The summed E-state index contributed by atoms with van der Waals surface area (Å²) in [6, 6.07) is 9.02. The van der Waals surface area contributed by atoms with Gasteiger partial charge >= 0.3 is 6.03 Å². The van der Waals surface area contributed by atoms with Gasteiger partial charge in [-0.05, 0) is 49.2 Å². The van der Waals surface area contributed by atoms with E-state index < -0.39 is 11.0 Å². The number of aryl methyl sites for hydroxylation is 1. The van der Waals surface area contributed by atoms with Gasteiger partial charge in [0.25, 0.3) is 5.69 Å². The van der Waals surface area contributed by atoms with Crippen molar-refractivity contribution in [2.75, 3.05) is 10.6 Å². The van der Waals surface area contributed by atoms with Gasteiger partial charge in [-0.25, -0.2) is 4.79 Å². The fourth-order valence-electron chi connectivity index (χ4n) is 1.92. The Balaban J connectivity index is 2.22. The van der Waals surface area contributed by atoms with E-state index in [-0.39, 0.29) is 11.4 Å². The fraction of sp³-hybridized carbons (Fsp3) is 0.133. The normalized spacial score (nSPS) is 10.1. The predicted molar refractivity (Wildman–Crippen MR) is 86.7 cm³/mol. The molecule has 0 radical (unpaired) electrons. The van der Waals surface area contributed by atoms with Crippen LogP contribution < -0.4 is 10.6 Å². The minimum Gasteiger partial charge on any atom is -0.308 e. The molecule has 0 heterocycles. The molecule has 0 fully saturated rings. The molecule has 2 aromatic rings. The molecule has 2 amide bonds. The van der Waals surface area contributed by atoms with Crippen molar-refractivity contribution in [2.45, 2.75) is 13.8 Å². The highest BCUT2D eigenvalue weighted by atomic mass is 35.5. The topological polar surface area (TPSA) is 84.3 Å². The molecule has 2 aromatic carbocycles. The summed E-state index contributed by atoms with van der Waals surface area (Å²) < 4.78 is 0. The number of nitrogens with zero attached hydrogens (tertiary/aromatic N) is 1. The number of halogens is 1. The maximum absolute atomic E-state index is 12.0. The fourth-order valence-corrected chi connectivity index (χ4v) is 2.05. The number of benzene rings is 2. The summed E-state index contributed by atoms with van der Waals surface area (Å²) in [6.45, 7) is 3.54. The smallest absolute Gasteiger partial charge is 0.308 e. The van der Waals surface area contributed by atoms with Crippen LogP contribution in [0.15, 0.2) is 36.4 Å². The quantitative estimate of drug-likeness (QED) is 0.644. The number of anilines is 2. The lowest BCUT2D eigenvalue weighted by Crippen LogP contribution is -2.20. The Bertz CT molecular complexity index is 730. The van der Waals surface area contributed by atoms with Crippen LogP contribution in [-0.2, 0) is 0 Å². The van der Waals surface area contributed by atoms with E-state index >= 15 is 0 Å². The molecule has 0 saturated carbocycles. The Morgan fingerprint density at radius 3 is 2.32 bits per heavy atom. The lowest BCUT2D eigenvalue weighted by atomic mass is 10.1. The molecule has 0 aliphatic rings. The second-order valence-electron chi connectivity index (χ2n) is 4.74. The van der Waals surface area contributed by atoms with Gasteiger partial charge in [0.1, 0.15) is 5.69 Å². The van der Waals surface area contributed by atoms with Crippen LogP contribution >= 0.6 is 11.6 Å². The monoisotopic (exact) mass is 319 g/mol. The lowest BCUT2D eigenvalue weighted by Gasteiger charge is -2.12. The van der Waals surface area contributed by atoms with Crippen molar-refractivity contribution in [3.63, 3.8) is 0 Å². The van der Waals surface area contributed by atoms with Gasteiger partial charge in [-0.3, -0.25) is 10.1 Å². The third kappa shape index (κ3) is 3.53. The summed E-state index contributed by atoms with van der Waals surface area (Å²) in [6.07, 6.45) is 0. The number of urea groups is 1. The van der Waals surface area contributed by atoms with Crippen molar-refractivity contribution < 1.29 is 9.72 Å². The highest BCUT2D eigenvalue weighted by Gasteiger charge is 2.19. The molecule has 0 aliphatic heterocycles. The third-order valence-corrected chi connectivity index (χ3v) is 3.50. The third-order valence-electron chi connectivity index (χ3n) is 3.25. The highest BCUT2D eigenvalue weighted by Crippen LogP contribution is 2.30. The van der Waals surface area contributed by atoms with Gasteiger partial charge in [-0.15, -0.1) is 0 Å². The average Bonchev–Trinajstić information content (AvgIpc) is 2.46. The molecule has 114 valence electrons. The molecule has 0 saturated heterocycles. The number of rotatable bonds is 3. The van der Waals surface area contributed by atoms with Crippen molar-refractivity contribution >= 4 is 34.7 Å². The minimum atomic E-state index is -0.556. The first-order chi connectivity index (χ1) is 10.4. The van der Waals surface area contributed by atoms with Crippen LogP contribution in [0.25, 0.3) is 0 Å². The number of nitro benzene ring substituents is 1. The van der Waals surface area contributed by atoms with Gasteiger partial charge in [0.05, 0.1) is 4.92 Å². The molecule has 0 bridgehead atoms. The molecule has 2 N–H and O–H groups in total. The van der Waals surface area contributed by atoms with Gasteiger partial charge < -0.3 is 10.6 Å². The summed E-state index contributed by atoms with van der Waals surface area (Å²) >= 11 is 5.77. The maximum Gasteiger partial charge on any atom is 0.323 e. The van der Waals surface area contributed by atoms with E-state index in [4.69, 9.17) is 11.6 Å². The predicted octanol–water partition coefficient (Wildman–Crippen LogP) is 4.51. The number of carbonyl (C=O) groups is 1. The van der Waals surface area contributed by atoms with Gasteiger partial charge in [-0.2, -0.15) is 0 Å². The molecule has 6 nitrogen and oxygen atoms in total. The summed E-state index contributed by atoms with van der Waals surface area (Å²) in [5.74, 6) is 0.